The third-order valence-corrected chi connectivity index (χ3v) is 3.58. The Hall–Kier alpha value is -2.60. The first kappa shape index (κ1) is 13.4. The highest BCUT2D eigenvalue weighted by Crippen LogP contribution is 2.17. The number of hydrogen-bond acceptors (Lipinski definition) is 4. The number of rotatable bonds is 5. The molecule has 0 aliphatic heterocycles. The molecule has 0 aliphatic carbocycles. The molecule has 3 rings (SSSR count). The molecule has 2 aromatic heterocycles. The molecule has 0 unspecified atom stereocenters. The van der Waals surface area contributed by atoms with Crippen LogP contribution in [0.5, 0.6) is 5.75 Å². The number of carboxylic acids is 1. The van der Waals surface area contributed by atoms with Gasteiger partial charge in [0.15, 0.2) is 4.96 Å². The van der Waals surface area contributed by atoms with Crippen molar-refractivity contribution >= 4 is 28.3 Å². The lowest BCUT2D eigenvalue weighted by molar-refractivity contribution is -0.131. The van der Waals surface area contributed by atoms with Crippen LogP contribution in [0.25, 0.3) is 11.0 Å². The quantitative estimate of drug-likeness (QED) is 0.735. The molecule has 0 aliphatic rings. The van der Waals surface area contributed by atoms with Crippen LogP contribution in [0.4, 0.5) is 0 Å². The summed E-state index contributed by atoms with van der Waals surface area (Å²) in [6.45, 7) is 0.375. The number of benzene rings is 1. The number of thiazole rings is 1. The highest BCUT2D eigenvalue weighted by Gasteiger charge is 2.03. The van der Waals surface area contributed by atoms with E-state index in [0.717, 1.165) is 22.3 Å². The number of aromatic nitrogens is 2. The van der Waals surface area contributed by atoms with Gasteiger partial charge < -0.3 is 9.84 Å². The summed E-state index contributed by atoms with van der Waals surface area (Å²) >= 11 is 1.57. The van der Waals surface area contributed by atoms with E-state index in [4.69, 9.17) is 9.84 Å². The Morgan fingerprint density at radius 3 is 3.19 bits per heavy atom. The molecule has 0 atom stereocenters. The number of ether oxygens (including phenoxy) is 1. The van der Waals surface area contributed by atoms with Gasteiger partial charge in [-0.2, -0.15) is 0 Å². The summed E-state index contributed by atoms with van der Waals surface area (Å²) in [5.41, 5.74) is 1.63. The zero-order valence-electron chi connectivity index (χ0n) is 11.0. The Morgan fingerprint density at radius 2 is 2.38 bits per heavy atom. The lowest BCUT2D eigenvalue weighted by atomic mass is 10.2. The van der Waals surface area contributed by atoms with Gasteiger partial charge in [-0.3, -0.25) is 4.40 Å². The maximum Gasteiger partial charge on any atom is 0.328 e. The minimum Gasteiger partial charge on any atom is -0.487 e. The van der Waals surface area contributed by atoms with Gasteiger partial charge in [-0.25, -0.2) is 9.78 Å². The molecular formula is C15H12N2O3S. The van der Waals surface area contributed by atoms with Crippen LogP contribution in [-0.4, -0.2) is 20.5 Å². The molecule has 0 bridgehead atoms. The fourth-order valence-electron chi connectivity index (χ4n) is 1.88. The van der Waals surface area contributed by atoms with E-state index in [1.54, 1.807) is 17.4 Å². The first-order chi connectivity index (χ1) is 10.2. The van der Waals surface area contributed by atoms with Crippen molar-refractivity contribution in [2.24, 2.45) is 0 Å². The number of nitrogens with zero attached hydrogens (tertiary/aromatic N) is 2. The second-order valence-electron chi connectivity index (χ2n) is 4.36. The normalized spacial score (nSPS) is 11.2. The van der Waals surface area contributed by atoms with Gasteiger partial charge in [-0.1, -0.05) is 12.1 Å². The van der Waals surface area contributed by atoms with Crippen molar-refractivity contribution < 1.29 is 14.6 Å². The van der Waals surface area contributed by atoms with Crippen LogP contribution in [0.1, 0.15) is 11.3 Å². The summed E-state index contributed by atoms with van der Waals surface area (Å²) in [5.74, 6) is -0.293. The minimum absolute atomic E-state index is 0.375. The van der Waals surface area contributed by atoms with Gasteiger partial charge in [-0.15, -0.1) is 11.3 Å². The maximum absolute atomic E-state index is 10.5. The molecule has 5 nitrogen and oxygen atoms in total. The second kappa shape index (κ2) is 5.80. The Labute approximate surface area is 124 Å². The number of fused-ring (bicyclic) bond motifs is 1. The van der Waals surface area contributed by atoms with Gasteiger partial charge in [-0.05, 0) is 23.8 Å². The van der Waals surface area contributed by atoms with Gasteiger partial charge >= 0.3 is 5.97 Å². The zero-order valence-corrected chi connectivity index (χ0v) is 11.8. The van der Waals surface area contributed by atoms with E-state index in [0.29, 0.717) is 12.4 Å². The van der Waals surface area contributed by atoms with Crippen LogP contribution in [0, 0.1) is 0 Å². The highest BCUT2D eigenvalue weighted by molar-refractivity contribution is 7.15. The van der Waals surface area contributed by atoms with Crippen LogP contribution in [0.2, 0.25) is 0 Å². The third kappa shape index (κ3) is 3.29. The van der Waals surface area contributed by atoms with Crippen LogP contribution in [0.3, 0.4) is 0 Å². The van der Waals surface area contributed by atoms with E-state index in [9.17, 15) is 4.79 Å². The van der Waals surface area contributed by atoms with E-state index < -0.39 is 5.97 Å². The number of hydrogen-bond donors (Lipinski definition) is 1. The van der Waals surface area contributed by atoms with E-state index in [1.807, 2.05) is 40.4 Å². The number of carboxylic acid groups (broad SMARTS) is 1. The van der Waals surface area contributed by atoms with Gasteiger partial charge in [0.25, 0.3) is 0 Å². The van der Waals surface area contributed by atoms with E-state index in [1.165, 1.54) is 6.08 Å². The Balaban J connectivity index is 1.68. The summed E-state index contributed by atoms with van der Waals surface area (Å²) in [6.07, 6.45) is 6.51. The second-order valence-corrected chi connectivity index (χ2v) is 5.23. The molecule has 21 heavy (non-hydrogen) atoms. The fraction of sp³-hybridized carbons (Fsp3) is 0.0667. The molecule has 0 saturated carbocycles. The fourth-order valence-corrected chi connectivity index (χ4v) is 2.60. The van der Waals surface area contributed by atoms with Crippen molar-refractivity contribution in [1.82, 2.24) is 9.38 Å². The molecule has 3 aromatic rings. The van der Waals surface area contributed by atoms with Crippen LogP contribution >= 0.6 is 11.3 Å². The predicted octanol–water partition coefficient (Wildman–Crippen LogP) is 3.07. The Bertz CT molecular complexity index is 775. The van der Waals surface area contributed by atoms with Crippen molar-refractivity contribution in [1.29, 1.82) is 0 Å². The molecule has 6 heteroatoms. The maximum atomic E-state index is 10.5. The standard InChI is InChI=1S/C15H12N2O3S/c18-14(19)5-4-11-2-1-3-13(8-11)20-10-12-9-17-6-7-21-15(17)16-12/h1-9H,10H2,(H,18,19)/b5-4+. The topological polar surface area (TPSA) is 63.8 Å². The SMILES string of the molecule is O=C(O)/C=C/c1cccc(OCc2cn3ccsc3n2)c1. The van der Waals surface area contributed by atoms with E-state index >= 15 is 0 Å². The van der Waals surface area contributed by atoms with Crippen LogP contribution in [-0.2, 0) is 11.4 Å². The molecule has 0 fully saturated rings. The Kier molecular flexibility index (Phi) is 3.70. The Morgan fingerprint density at radius 1 is 1.48 bits per heavy atom. The lowest BCUT2D eigenvalue weighted by Gasteiger charge is -2.04. The highest BCUT2D eigenvalue weighted by atomic mass is 32.1. The minimum atomic E-state index is -0.973. The van der Waals surface area contributed by atoms with Gasteiger partial charge in [0.05, 0.1) is 5.69 Å². The molecule has 0 saturated heterocycles. The lowest BCUT2D eigenvalue weighted by Crippen LogP contribution is -1.95. The van der Waals surface area contributed by atoms with Crippen molar-refractivity contribution in [3.05, 3.63) is 59.4 Å². The molecule has 1 N–H and O–H groups in total. The molecule has 1 aromatic carbocycles. The van der Waals surface area contributed by atoms with Crippen molar-refractivity contribution in [3.8, 4) is 5.75 Å². The van der Waals surface area contributed by atoms with E-state index in [2.05, 4.69) is 4.98 Å². The van der Waals surface area contributed by atoms with Crippen molar-refractivity contribution in [3.63, 3.8) is 0 Å². The average molecular weight is 300 g/mol. The summed E-state index contributed by atoms with van der Waals surface area (Å²) in [5, 5.41) is 10.6. The number of imidazole rings is 1. The molecule has 0 spiro atoms. The summed E-state index contributed by atoms with van der Waals surface area (Å²) in [4.78, 5) is 15.9. The average Bonchev–Trinajstić information content (AvgIpc) is 3.04. The predicted molar refractivity (Wildman–Crippen MR) is 80.5 cm³/mol. The smallest absolute Gasteiger partial charge is 0.328 e. The van der Waals surface area contributed by atoms with E-state index in [-0.39, 0.29) is 0 Å². The molecular weight excluding hydrogens is 288 g/mol. The monoisotopic (exact) mass is 300 g/mol. The first-order valence-electron chi connectivity index (χ1n) is 6.26. The van der Waals surface area contributed by atoms with Gasteiger partial charge in [0.1, 0.15) is 12.4 Å². The molecule has 0 amide bonds. The largest absolute Gasteiger partial charge is 0.487 e. The van der Waals surface area contributed by atoms with Crippen LogP contribution in [0.15, 0.2) is 48.1 Å². The summed E-state index contributed by atoms with van der Waals surface area (Å²) in [6, 6.07) is 7.26. The molecule has 106 valence electrons. The molecule has 2 heterocycles. The van der Waals surface area contributed by atoms with Crippen LogP contribution < -0.4 is 4.74 Å². The summed E-state index contributed by atoms with van der Waals surface area (Å²) < 4.78 is 7.64. The first-order valence-corrected chi connectivity index (χ1v) is 7.13. The zero-order chi connectivity index (χ0) is 14.7. The third-order valence-electron chi connectivity index (χ3n) is 2.81. The van der Waals surface area contributed by atoms with Gasteiger partial charge in [0, 0.05) is 23.8 Å². The van der Waals surface area contributed by atoms with Gasteiger partial charge in [0.2, 0.25) is 0 Å². The molecule has 0 radical (unpaired) electrons. The summed E-state index contributed by atoms with van der Waals surface area (Å²) in [7, 11) is 0. The number of carbonyl (C=O) groups is 1. The van der Waals surface area contributed by atoms with Crippen molar-refractivity contribution in [2.75, 3.05) is 0 Å². The van der Waals surface area contributed by atoms with Crippen molar-refractivity contribution in [2.45, 2.75) is 6.61 Å². The number of aliphatic carboxylic acids is 1.